The standard InChI is InChI=1S/C20H17BrF2N2OS/c1-12(20(26)25-17-9-6-14(21)11-16(17)23)24-19(18-3-2-10-27-18)13-4-7-15(22)8-5-13/h2-12,19,24H,1H3,(H,25,26)/t12-,19+/m0/s1. The molecule has 2 aromatic carbocycles. The quantitative estimate of drug-likeness (QED) is 0.520. The van der Waals surface area contributed by atoms with Crippen LogP contribution in [0.4, 0.5) is 14.5 Å². The van der Waals surface area contributed by atoms with Gasteiger partial charge in [-0.3, -0.25) is 10.1 Å². The molecule has 0 bridgehead atoms. The molecule has 3 nitrogen and oxygen atoms in total. The molecule has 27 heavy (non-hydrogen) atoms. The number of carbonyl (C=O) groups excluding carboxylic acids is 1. The van der Waals surface area contributed by atoms with Crippen LogP contribution in [-0.2, 0) is 4.79 Å². The third-order valence-electron chi connectivity index (χ3n) is 4.03. The van der Waals surface area contributed by atoms with E-state index in [0.29, 0.717) is 4.47 Å². The zero-order valence-corrected chi connectivity index (χ0v) is 16.8. The van der Waals surface area contributed by atoms with Crippen LogP contribution in [0.15, 0.2) is 64.5 Å². The molecule has 2 N–H and O–H groups in total. The zero-order chi connectivity index (χ0) is 19.4. The maximum absolute atomic E-state index is 14.0. The Hall–Kier alpha value is -2.09. The molecule has 0 aliphatic heterocycles. The van der Waals surface area contributed by atoms with Gasteiger partial charge in [-0.15, -0.1) is 11.3 Å². The second-order valence-corrected chi connectivity index (χ2v) is 7.90. The molecule has 1 amide bonds. The first-order valence-corrected chi connectivity index (χ1v) is 9.92. The number of thiophene rings is 1. The molecule has 3 aromatic rings. The summed E-state index contributed by atoms with van der Waals surface area (Å²) in [5.41, 5.74) is 0.958. The van der Waals surface area contributed by atoms with Crippen molar-refractivity contribution in [2.45, 2.75) is 19.0 Å². The Labute approximate surface area is 168 Å². The van der Waals surface area contributed by atoms with Crippen molar-refractivity contribution >= 4 is 38.9 Å². The van der Waals surface area contributed by atoms with Crippen molar-refractivity contribution in [3.05, 3.63) is 86.5 Å². The van der Waals surface area contributed by atoms with Crippen LogP contribution in [-0.4, -0.2) is 11.9 Å². The Balaban J connectivity index is 1.76. The van der Waals surface area contributed by atoms with E-state index in [-0.39, 0.29) is 23.5 Å². The van der Waals surface area contributed by atoms with Crippen LogP contribution in [0.25, 0.3) is 0 Å². The largest absolute Gasteiger partial charge is 0.322 e. The molecule has 0 aliphatic rings. The number of hydrogen-bond donors (Lipinski definition) is 2. The van der Waals surface area contributed by atoms with Crippen molar-refractivity contribution in [3.63, 3.8) is 0 Å². The van der Waals surface area contributed by atoms with Gasteiger partial charge in [-0.05, 0) is 54.3 Å². The molecule has 0 saturated heterocycles. The smallest absolute Gasteiger partial charge is 0.241 e. The van der Waals surface area contributed by atoms with Gasteiger partial charge in [0.15, 0.2) is 0 Å². The summed E-state index contributed by atoms with van der Waals surface area (Å²) in [5, 5.41) is 7.78. The summed E-state index contributed by atoms with van der Waals surface area (Å²) in [5.74, 6) is -1.20. The van der Waals surface area contributed by atoms with Gasteiger partial charge in [0.2, 0.25) is 5.91 Å². The lowest BCUT2D eigenvalue weighted by atomic mass is 10.0. The molecule has 1 aromatic heterocycles. The highest BCUT2D eigenvalue weighted by Crippen LogP contribution is 2.27. The topological polar surface area (TPSA) is 41.1 Å². The SMILES string of the molecule is C[C@H](N[C@H](c1ccc(F)cc1)c1cccs1)C(=O)Nc1ccc(Br)cc1F. The average Bonchev–Trinajstić information content (AvgIpc) is 3.17. The zero-order valence-electron chi connectivity index (χ0n) is 14.4. The van der Waals surface area contributed by atoms with Crippen LogP contribution in [0.2, 0.25) is 0 Å². The van der Waals surface area contributed by atoms with Gasteiger partial charge in [0.1, 0.15) is 11.6 Å². The van der Waals surface area contributed by atoms with Gasteiger partial charge in [0.05, 0.1) is 17.8 Å². The van der Waals surface area contributed by atoms with Crippen molar-refractivity contribution in [2.75, 3.05) is 5.32 Å². The van der Waals surface area contributed by atoms with E-state index in [1.807, 2.05) is 17.5 Å². The summed E-state index contributed by atoms with van der Waals surface area (Å²) in [6.07, 6.45) is 0. The van der Waals surface area contributed by atoms with Gasteiger partial charge in [-0.2, -0.15) is 0 Å². The lowest BCUT2D eigenvalue weighted by molar-refractivity contribution is -0.117. The molecule has 140 valence electrons. The fourth-order valence-corrected chi connectivity index (χ4v) is 3.76. The van der Waals surface area contributed by atoms with Crippen molar-refractivity contribution in [3.8, 4) is 0 Å². The molecular weight excluding hydrogens is 434 g/mol. The Kier molecular flexibility index (Phi) is 6.36. The molecule has 0 fully saturated rings. The number of amides is 1. The molecular formula is C20H17BrF2N2OS. The molecule has 7 heteroatoms. The minimum absolute atomic E-state index is 0.117. The summed E-state index contributed by atoms with van der Waals surface area (Å²) < 4.78 is 27.8. The van der Waals surface area contributed by atoms with E-state index >= 15 is 0 Å². The predicted octanol–water partition coefficient (Wildman–Crippen LogP) is 5.50. The first-order valence-electron chi connectivity index (χ1n) is 8.25. The molecule has 0 aliphatic carbocycles. The van der Waals surface area contributed by atoms with Crippen molar-refractivity contribution in [1.29, 1.82) is 0 Å². The molecule has 0 radical (unpaired) electrons. The number of nitrogens with one attached hydrogen (secondary N) is 2. The highest BCUT2D eigenvalue weighted by Gasteiger charge is 2.22. The Bertz CT molecular complexity index is 916. The number of benzene rings is 2. The summed E-state index contributed by atoms with van der Waals surface area (Å²) in [4.78, 5) is 13.5. The second kappa shape index (κ2) is 8.73. The third kappa shape index (κ3) is 5.00. The monoisotopic (exact) mass is 450 g/mol. The Morgan fingerprint density at radius 1 is 1.11 bits per heavy atom. The van der Waals surface area contributed by atoms with Gasteiger partial charge >= 0.3 is 0 Å². The highest BCUT2D eigenvalue weighted by molar-refractivity contribution is 9.10. The first kappa shape index (κ1) is 19.7. The minimum Gasteiger partial charge on any atom is -0.322 e. The van der Waals surface area contributed by atoms with E-state index in [0.717, 1.165) is 10.4 Å². The maximum atomic E-state index is 14.0. The fraction of sp³-hybridized carbons (Fsp3) is 0.150. The number of halogens is 3. The summed E-state index contributed by atoms with van der Waals surface area (Å²) in [7, 11) is 0. The lowest BCUT2D eigenvalue weighted by Crippen LogP contribution is -2.40. The van der Waals surface area contributed by atoms with E-state index in [4.69, 9.17) is 0 Å². The van der Waals surface area contributed by atoms with Gasteiger partial charge in [0, 0.05) is 9.35 Å². The molecule has 2 atom stereocenters. The van der Waals surface area contributed by atoms with Crippen LogP contribution in [0, 0.1) is 11.6 Å². The molecule has 0 unspecified atom stereocenters. The first-order chi connectivity index (χ1) is 12.9. The highest BCUT2D eigenvalue weighted by atomic mass is 79.9. The summed E-state index contributed by atoms with van der Waals surface area (Å²) in [6.45, 7) is 1.70. The third-order valence-corrected chi connectivity index (χ3v) is 5.46. The number of carbonyl (C=O) groups is 1. The van der Waals surface area contributed by atoms with Crippen molar-refractivity contribution in [2.24, 2.45) is 0 Å². The lowest BCUT2D eigenvalue weighted by Gasteiger charge is -2.23. The second-order valence-electron chi connectivity index (χ2n) is 6.00. The van der Waals surface area contributed by atoms with Gasteiger partial charge in [0.25, 0.3) is 0 Å². The van der Waals surface area contributed by atoms with Crippen LogP contribution in [0.3, 0.4) is 0 Å². The summed E-state index contributed by atoms with van der Waals surface area (Å²) >= 11 is 4.73. The molecule has 3 rings (SSSR count). The van der Waals surface area contributed by atoms with Gasteiger partial charge < -0.3 is 5.32 Å². The maximum Gasteiger partial charge on any atom is 0.241 e. The Morgan fingerprint density at radius 3 is 2.48 bits per heavy atom. The van der Waals surface area contributed by atoms with Crippen LogP contribution in [0.1, 0.15) is 23.4 Å². The average molecular weight is 451 g/mol. The minimum atomic E-state index is -0.606. The van der Waals surface area contributed by atoms with Crippen molar-refractivity contribution < 1.29 is 13.6 Å². The number of anilines is 1. The summed E-state index contributed by atoms with van der Waals surface area (Å²) in [6, 6.07) is 13.6. The molecule has 0 spiro atoms. The number of hydrogen-bond acceptors (Lipinski definition) is 3. The van der Waals surface area contributed by atoms with E-state index in [1.165, 1.54) is 35.6 Å². The van der Waals surface area contributed by atoms with E-state index < -0.39 is 11.9 Å². The van der Waals surface area contributed by atoms with Crippen LogP contribution < -0.4 is 10.6 Å². The van der Waals surface area contributed by atoms with Gasteiger partial charge in [-0.1, -0.05) is 34.1 Å². The van der Waals surface area contributed by atoms with E-state index in [1.54, 1.807) is 25.1 Å². The number of rotatable bonds is 6. The van der Waals surface area contributed by atoms with E-state index in [2.05, 4.69) is 26.6 Å². The predicted molar refractivity (Wildman–Crippen MR) is 108 cm³/mol. The normalized spacial score (nSPS) is 13.2. The van der Waals surface area contributed by atoms with Crippen LogP contribution >= 0.6 is 27.3 Å². The Morgan fingerprint density at radius 2 is 1.85 bits per heavy atom. The van der Waals surface area contributed by atoms with Crippen molar-refractivity contribution in [1.82, 2.24) is 5.32 Å². The van der Waals surface area contributed by atoms with Gasteiger partial charge in [-0.25, -0.2) is 8.78 Å². The molecule has 0 saturated carbocycles. The molecule has 1 heterocycles. The van der Waals surface area contributed by atoms with E-state index in [9.17, 15) is 13.6 Å². The fourth-order valence-electron chi connectivity index (χ4n) is 2.61. The van der Waals surface area contributed by atoms with Crippen LogP contribution in [0.5, 0.6) is 0 Å².